The number of Topliss-reactive ketones (excluding diaryl/α,β-unsaturated/α-hetero) is 1. The van der Waals surface area contributed by atoms with Crippen LogP contribution in [0.2, 0.25) is 0 Å². The van der Waals surface area contributed by atoms with Crippen LogP contribution in [-0.4, -0.2) is 52.5 Å². The Morgan fingerprint density at radius 3 is 2.43 bits per heavy atom. The summed E-state index contributed by atoms with van der Waals surface area (Å²) >= 11 is 0. The minimum Gasteiger partial charge on any atom is -0.481 e. The number of aliphatic carboxylic acids is 1. The summed E-state index contributed by atoms with van der Waals surface area (Å²) in [5, 5.41) is 28.4. The monoisotopic (exact) mass is 428 g/mol. The Morgan fingerprint density at radius 2 is 1.80 bits per heavy atom. The number of rotatable bonds is 18. The normalized spacial score (nSPS) is 23.6. The van der Waals surface area contributed by atoms with Crippen LogP contribution in [0, 0.1) is 17.8 Å². The topological polar surface area (TPSA) is 104 Å². The lowest BCUT2D eigenvalue weighted by atomic mass is 9.85. The Balaban J connectivity index is 2.49. The zero-order valence-electron chi connectivity index (χ0n) is 19.1. The molecular weight excluding hydrogens is 384 g/mol. The molecule has 1 aliphatic rings. The first kappa shape index (κ1) is 27.1. The molecule has 176 valence electrons. The molecule has 0 saturated heterocycles. The molecule has 5 atom stereocenters. The second-order valence-electron chi connectivity index (χ2n) is 8.88. The Morgan fingerprint density at radius 1 is 1.07 bits per heavy atom. The van der Waals surface area contributed by atoms with E-state index in [0.29, 0.717) is 19.3 Å². The molecule has 0 bridgehead atoms. The Kier molecular flexibility index (Phi) is 14.2. The highest BCUT2D eigenvalue weighted by atomic mass is 16.5. The highest BCUT2D eigenvalue weighted by molar-refractivity contribution is 5.84. The molecule has 0 aromatic carbocycles. The maximum atomic E-state index is 12.6. The van der Waals surface area contributed by atoms with Gasteiger partial charge in [-0.2, -0.15) is 0 Å². The molecule has 6 nitrogen and oxygen atoms in total. The second kappa shape index (κ2) is 15.8. The molecule has 0 heterocycles. The molecule has 0 aromatic heterocycles. The van der Waals surface area contributed by atoms with Gasteiger partial charge >= 0.3 is 5.97 Å². The summed E-state index contributed by atoms with van der Waals surface area (Å²) in [7, 11) is 0. The summed E-state index contributed by atoms with van der Waals surface area (Å²) in [6.45, 7) is 4.24. The third kappa shape index (κ3) is 9.88. The van der Waals surface area contributed by atoms with E-state index in [1.807, 2.05) is 6.92 Å². The fourth-order valence-corrected chi connectivity index (χ4v) is 4.75. The van der Waals surface area contributed by atoms with Crippen LogP contribution >= 0.6 is 0 Å². The highest BCUT2D eigenvalue weighted by Crippen LogP contribution is 2.38. The SMILES string of the molecule is CCCCC(O)CCC[C@H]1[C@H](OCCO)CC(=O)[C@@H]1CCCCCC(CC)C(=O)O. The van der Waals surface area contributed by atoms with Crippen LogP contribution in [-0.2, 0) is 14.3 Å². The van der Waals surface area contributed by atoms with Crippen molar-refractivity contribution in [2.75, 3.05) is 13.2 Å². The third-order valence-electron chi connectivity index (χ3n) is 6.61. The first-order valence-electron chi connectivity index (χ1n) is 12.1. The smallest absolute Gasteiger partial charge is 0.306 e. The molecule has 1 rings (SSSR count). The van der Waals surface area contributed by atoms with Crippen molar-refractivity contribution in [1.82, 2.24) is 0 Å². The van der Waals surface area contributed by atoms with Crippen LogP contribution in [0.3, 0.4) is 0 Å². The lowest BCUT2D eigenvalue weighted by Crippen LogP contribution is -2.25. The number of carboxylic acid groups (broad SMARTS) is 1. The largest absolute Gasteiger partial charge is 0.481 e. The van der Waals surface area contributed by atoms with E-state index < -0.39 is 5.97 Å². The van der Waals surface area contributed by atoms with Crippen LogP contribution in [0.4, 0.5) is 0 Å². The molecule has 0 radical (unpaired) electrons. The van der Waals surface area contributed by atoms with Gasteiger partial charge in [0.1, 0.15) is 5.78 Å². The van der Waals surface area contributed by atoms with Gasteiger partial charge in [-0.25, -0.2) is 0 Å². The van der Waals surface area contributed by atoms with E-state index in [4.69, 9.17) is 14.9 Å². The summed E-state index contributed by atoms with van der Waals surface area (Å²) in [6, 6.07) is 0. The first-order chi connectivity index (χ1) is 14.4. The van der Waals surface area contributed by atoms with E-state index >= 15 is 0 Å². The molecule has 3 N–H and O–H groups in total. The molecule has 0 aliphatic heterocycles. The van der Waals surface area contributed by atoms with E-state index in [1.165, 1.54) is 0 Å². The molecule has 0 amide bonds. The van der Waals surface area contributed by atoms with Crippen molar-refractivity contribution in [2.45, 2.75) is 110 Å². The van der Waals surface area contributed by atoms with Crippen molar-refractivity contribution in [3.8, 4) is 0 Å². The molecule has 30 heavy (non-hydrogen) atoms. The molecule has 1 fully saturated rings. The summed E-state index contributed by atoms with van der Waals surface area (Å²) in [5.74, 6) is -0.575. The quantitative estimate of drug-likeness (QED) is 0.280. The average Bonchev–Trinajstić information content (AvgIpc) is 3.01. The number of ketones is 1. The van der Waals surface area contributed by atoms with Crippen LogP contribution in [0.25, 0.3) is 0 Å². The Bertz CT molecular complexity index is 480. The number of carbonyl (C=O) groups excluding carboxylic acids is 1. The van der Waals surface area contributed by atoms with E-state index in [0.717, 1.165) is 64.2 Å². The molecule has 1 aliphatic carbocycles. The molecule has 0 spiro atoms. The predicted molar refractivity (Wildman–Crippen MR) is 117 cm³/mol. The van der Waals surface area contributed by atoms with Crippen LogP contribution in [0.1, 0.15) is 97.3 Å². The maximum Gasteiger partial charge on any atom is 0.306 e. The lowest BCUT2D eigenvalue weighted by Gasteiger charge is -2.24. The molecular formula is C24H44O6. The summed E-state index contributed by atoms with van der Waals surface area (Å²) < 4.78 is 5.79. The van der Waals surface area contributed by atoms with Gasteiger partial charge in [0.2, 0.25) is 0 Å². The number of aliphatic hydroxyl groups is 2. The Hall–Kier alpha value is -0.980. The standard InChI is InChI=1S/C24H44O6/c1-3-5-11-19(26)12-9-14-21-20(22(27)17-23(21)30-16-15-25)13-8-6-7-10-18(4-2)24(28)29/h18-21,23,25-26H,3-17H2,1-2H3,(H,28,29)/t18?,19?,20-,21-,23-/m1/s1. The van der Waals surface area contributed by atoms with Gasteiger partial charge in [-0.15, -0.1) is 0 Å². The third-order valence-corrected chi connectivity index (χ3v) is 6.61. The first-order valence-corrected chi connectivity index (χ1v) is 12.1. The second-order valence-corrected chi connectivity index (χ2v) is 8.88. The Labute approximate surface area is 182 Å². The highest BCUT2D eigenvalue weighted by Gasteiger charge is 2.42. The van der Waals surface area contributed by atoms with Crippen molar-refractivity contribution in [3.63, 3.8) is 0 Å². The van der Waals surface area contributed by atoms with Crippen molar-refractivity contribution < 1.29 is 29.6 Å². The zero-order valence-corrected chi connectivity index (χ0v) is 19.1. The van der Waals surface area contributed by atoms with Crippen molar-refractivity contribution in [1.29, 1.82) is 0 Å². The fourth-order valence-electron chi connectivity index (χ4n) is 4.75. The minimum absolute atomic E-state index is 0.0112. The van der Waals surface area contributed by atoms with E-state index in [1.54, 1.807) is 0 Å². The van der Waals surface area contributed by atoms with Crippen molar-refractivity contribution in [3.05, 3.63) is 0 Å². The maximum absolute atomic E-state index is 12.6. The number of carboxylic acids is 1. The van der Waals surface area contributed by atoms with Crippen LogP contribution < -0.4 is 0 Å². The predicted octanol–water partition coefficient (Wildman–Crippen LogP) is 4.35. The van der Waals surface area contributed by atoms with Gasteiger partial charge in [0, 0.05) is 12.3 Å². The molecule has 6 heteroatoms. The number of ether oxygens (including phenoxy) is 1. The van der Waals surface area contributed by atoms with E-state index in [9.17, 15) is 14.7 Å². The van der Waals surface area contributed by atoms with E-state index in [2.05, 4.69) is 6.92 Å². The van der Waals surface area contributed by atoms with Crippen LogP contribution in [0.15, 0.2) is 0 Å². The number of carbonyl (C=O) groups is 2. The number of hydrogen-bond acceptors (Lipinski definition) is 5. The summed E-state index contributed by atoms with van der Waals surface area (Å²) in [4.78, 5) is 23.8. The van der Waals surface area contributed by atoms with Gasteiger partial charge in [-0.1, -0.05) is 52.4 Å². The summed E-state index contributed by atoms with van der Waals surface area (Å²) in [5.41, 5.74) is 0. The average molecular weight is 429 g/mol. The summed E-state index contributed by atoms with van der Waals surface area (Å²) in [6.07, 6.45) is 10.4. The molecule has 2 unspecified atom stereocenters. The van der Waals surface area contributed by atoms with Gasteiger partial charge in [-0.3, -0.25) is 9.59 Å². The minimum atomic E-state index is -0.714. The molecule has 1 saturated carbocycles. The van der Waals surface area contributed by atoms with Crippen molar-refractivity contribution in [2.24, 2.45) is 17.8 Å². The van der Waals surface area contributed by atoms with Gasteiger partial charge in [0.25, 0.3) is 0 Å². The van der Waals surface area contributed by atoms with Crippen molar-refractivity contribution >= 4 is 11.8 Å². The lowest BCUT2D eigenvalue weighted by molar-refractivity contribution is -0.142. The fraction of sp³-hybridized carbons (Fsp3) is 0.917. The van der Waals surface area contributed by atoms with Gasteiger partial charge in [-0.05, 0) is 44.4 Å². The zero-order chi connectivity index (χ0) is 22.4. The number of hydrogen-bond donors (Lipinski definition) is 3. The van der Waals surface area contributed by atoms with Gasteiger partial charge < -0.3 is 20.1 Å². The number of unbranched alkanes of at least 4 members (excludes halogenated alkanes) is 3. The molecule has 0 aromatic rings. The number of aliphatic hydroxyl groups excluding tert-OH is 2. The van der Waals surface area contributed by atoms with Crippen LogP contribution in [0.5, 0.6) is 0 Å². The van der Waals surface area contributed by atoms with Gasteiger partial charge in [0.05, 0.1) is 31.3 Å². The van der Waals surface area contributed by atoms with E-state index in [-0.39, 0.29) is 49.0 Å². The van der Waals surface area contributed by atoms with Gasteiger partial charge in [0.15, 0.2) is 0 Å².